The van der Waals surface area contributed by atoms with Crippen molar-refractivity contribution in [3.8, 4) is 0 Å². The van der Waals surface area contributed by atoms with Crippen molar-refractivity contribution in [3.05, 3.63) is 34.4 Å². The largest absolute Gasteiger partial charge is 0.481 e. The number of hydrogen-bond acceptors (Lipinski definition) is 5. The lowest BCUT2D eigenvalue weighted by molar-refractivity contribution is -0.384. The third-order valence-electron chi connectivity index (χ3n) is 3.74. The summed E-state index contributed by atoms with van der Waals surface area (Å²) >= 11 is 0. The fourth-order valence-electron chi connectivity index (χ4n) is 2.53. The van der Waals surface area contributed by atoms with Crippen LogP contribution in [0.25, 0.3) is 0 Å². The lowest BCUT2D eigenvalue weighted by atomic mass is 10.2. The third kappa shape index (κ3) is 4.40. The second-order valence-electron chi connectivity index (χ2n) is 5.20. The van der Waals surface area contributed by atoms with Gasteiger partial charge in [0.15, 0.2) is 0 Å². The predicted molar refractivity (Wildman–Crippen MR) is 86.0 cm³/mol. The Kier molecular flexibility index (Phi) is 6.47. The van der Waals surface area contributed by atoms with Gasteiger partial charge in [-0.1, -0.05) is 6.07 Å². The average molecular weight is 344 g/mol. The van der Waals surface area contributed by atoms with Crippen LogP contribution in [0.15, 0.2) is 24.3 Å². The van der Waals surface area contributed by atoms with Gasteiger partial charge in [0.1, 0.15) is 0 Å². The van der Waals surface area contributed by atoms with Gasteiger partial charge in [0.25, 0.3) is 5.69 Å². The van der Waals surface area contributed by atoms with Crippen LogP contribution in [0.5, 0.6) is 0 Å². The van der Waals surface area contributed by atoms with Crippen LogP contribution < -0.4 is 4.90 Å². The van der Waals surface area contributed by atoms with Gasteiger partial charge in [0, 0.05) is 25.2 Å². The molecular formula is C14H18ClN3O5. The molecule has 0 saturated carbocycles. The van der Waals surface area contributed by atoms with E-state index in [0.717, 1.165) is 0 Å². The summed E-state index contributed by atoms with van der Waals surface area (Å²) in [5, 5.41) is 19.5. The molecule has 1 N–H and O–H groups in total. The highest BCUT2D eigenvalue weighted by Gasteiger charge is 2.35. The van der Waals surface area contributed by atoms with Crippen LogP contribution in [0.4, 0.5) is 11.4 Å². The molecule has 126 valence electrons. The van der Waals surface area contributed by atoms with Gasteiger partial charge >= 0.3 is 5.97 Å². The first-order valence-corrected chi connectivity index (χ1v) is 6.88. The van der Waals surface area contributed by atoms with Gasteiger partial charge < -0.3 is 10.0 Å². The molecule has 0 radical (unpaired) electrons. The normalized spacial score (nSPS) is 17.2. The SMILES string of the molecule is CN(CCC(=O)O)C1CCN(c2cccc([N+](=O)[O-])c2)C1=O.Cl. The monoisotopic (exact) mass is 343 g/mol. The second kappa shape index (κ2) is 7.89. The Morgan fingerprint density at radius 2 is 2.22 bits per heavy atom. The maximum Gasteiger partial charge on any atom is 0.304 e. The van der Waals surface area contributed by atoms with Gasteiger partial charge in [-0.3, -0.25) is 24.6 Å². The number of aliphatic carboxylic acids is 1. The van der Waals surface area contributed by atoms with Crippen LogP contribution >= 0.6 is 12.4 Å². The van der Waals surface area contributed by atoms with Crippen molar-refractivity contribution in [2.24, 2.45) is 0 Å². The number of non-ortho nitro benzene ring substituents is 1. The number of hydrogen-bond donors (Lipinski definition) is 1. The van der Waals surface area contributed by atoms with Crippen LogP contribution in [0.1, 0.15) is 12.8 Å². The Morgan fingerprint density at radius 3 is 2.83 bits per heavy atom. The first-order chi connectivity index (χ1) is 10.4. The predicted octanol–water partition coefficient (Wildman–Crippen LogP) is 1.53. The summed E-state index contributed by atoms with van der Waals surface area (Å²) in [6.07, 6.45) is 0.536. The molecule has 0 bridgehead atoms. The number of carbonyl (C=O) groups excluding carboxylic acids is 1. The molecule has 1 amide bonds. The number of likely N-dealkylation sites (N-methyl/N-ethyl adjacent to an activating group) is 1. The summed E-state index contributed by atoms with van der Waals surface area (Å²) in [4.78, 5) is 36.6. The lowest BCUT2D eigenvalue weighted by Gasteiger charge is -2.23. The van der Waals surface area contributed by atoms with Crippen molar-refractivity contribution >= 4 is 35.7 Å². The Balaban J connectivity index is 0.00000264. The molecule has 8 nitrogen and oxygen atoms in total. The Bertz CT molecular complexity index is 610. The molecule has 0 aromatic heterocycles. The number of carbonyl (C=O) groups is 2. The zero-order chi connectivity index (χ0) is 16.3. The van der Waals surface area contributed by atoms with Gasteiger partial charge in [0.05, 0.1) is 23.1 Å². The van der Waals surface area contributed by atoms with Crippen molar-refractivity contribution in [2.45, 2.75) is 18.9 Å². The van der Waals surface area contributed by atoms with Crippen molar-refractivity contribution in [1.29, 1.82) is 0 Å². The molecule has 9 heteroatoms. The number of nitrogens with zero attached hydrogens (tertiary/aromatic N) is 3. The minimum atomic E-state index is -0.909. The highest BCUT2D eigenvalue weighted by atomic mass is 35.5. The number of nitro benzene ring substituents is 1. The minimum Gasteiger partial charge on any atom is -0.481 e. The van der Waals surface area contributed by atoms with E-state index in [4.69, 9.17) is 5.11 Å². The maximum atomic E-state index is 12.4. The molecule has 1 aromatic rings. The Labute approximate surface area is 139 Å². The molecular weight excluding hydrogens is 326 g/mol. The molecule has 1 aliphatic rings. The number of nitro groups is 1. The molecule has 23 heavy (non-hydrogen) atoms. The number of halogens is 1. The standard InChI is InChI=1S/C14H17N3O5.ClH/c1-15(7-6-13(18)19)12-5-8-16(14(12)20)10-3-2-4-11(9-10)17(21)22;/h2-4,9,12H,5-8H2,1H3,(H,18,19);1H. The van der Waals surface area contributed by atoms with E-state index in [2.05, 4.69) is 0 Å². The van der Waals surface area contributed by atoms with Crippen LogP contribution in [0.2, 0.25) is 0 Å². The van der Waals surface area contributed by atoms with E-state index < -0.39 is 16.9 Å². The van der Waals surface area contributed by atoms with Crippen LogP contribution in [-0.2, 0) is 9.59 Å². The topological polar surface area (TPSA) is 104 Å². The zero-order valence-electron chi connectivity index (χ0n) is 12.5. The van der Waals surface area contributed by atoms with E-state index in [9.17, 15) is 19.7 Å². The van der Waals surface area contributed by atoms with Crippen LogP contribution in [-0.4, -0.2) is 53.0 Å². The molecule has 0 spiro atoms. The Morgan fingerprint density at radius 1 is 1.52 bits per heavy atom. The minimum absolute atomic E-state index is 0. The van der Waals surface area contributed by atoms with Gasteiger partial charge in [-0.25, -0.2) is 0 Å². The molecule has 1 aromatic carbocycles. The van der Waals surface area contributed by atoms with E-state index in [-0.39, 0.29) is 37.0 Å². The average Bonchev–Trinajstić information content (AvgIpc) is 2.86. The lowest BCUT2D eigenvalue weighted by Crippen LogP contribution is -2.40. The highest BCUT2D eigenvalue weighted by molar-refractivity contribution is 5.99. The van der Waals surface area contributed by atoms with Crippen molar-refractivity contribution in [1.82, 2.24) is 4.90 Å². The van der Waals surface area contributed by atoms with E-state index in [1.807, 2.05) is 0 Å². The molecule has 2 rings (SSSR count). The molecule has 1 aliphatic heterocycles. The third-order valence-corrected chi connectivity index (χ3v) is 3.74. The molecule has 1 atom stereocenters. The molecule has 1 unspecified atom stereocenters. The van der Waals surface area contributed by atoms with E-state index >= 15 is 0 Å². The number of carboxylic acids is 1. The molecule has 1 saturated heterocycles. The first kappa shape index (κ1) is 18.9. The van der Waals surface area contributed by atoms with Gasteiger partial charge in [0.2, 0.25) is 5.91 Å². The fraction of sp³-hybridized carbons (Fsp3) is 0.429. The molecule has 1 fully saturated rings. The first-order valence-electron chi connectivity index (χ1n) is 6.88. The Hall–Kier alpha value is -2.19. The van der Waals surface area contributed by atoms with Gasteiger partial charge in [-0.15, -0.1) is 12.4 Å². The van der Waals surface area contributed by atoms with Crippen molar-refractivity contribution < 1.29 is 19.6 Å². The van der Waals surface area contributed by atoms with Crippen LogP contribution in [0.3, 0.4) is 0 Å². The van der Waals surface area contributed by atoms with Gasteiger partial charge in [-0.2, -0.15) is 0 Å². The number of anilines is 1. The summed E-state index contributed by atoms with van der Waals surface area (Å²) < 4.78 is 0. The van der Waals surface area contributed by atoms with Crippen LogP contribution in [0, 0.1) is 10.1 Å². The van der Waals surface area contributed by atoms with E-state index in [0.29, 0.717) is 18.7 Å². The van der Waals surface area contributed by atoms with Gasteiger partial charge in [-0.05, 0) is 19.5 Å². The molecule has 1 heterocycles. The summed E-state index contributed by atoms with van der Waals surface area (Å²) in [5.41, 5.74) is 0.432. The molecule has 0 aliphatic carbocycles. The quantitative estimate of drug-likeness (QED) is 0.620. The number of rotatable bonds is 6. The summed E-state index contributed by atoms with van der Waals surface area (Å²) in [6, 6.07) is 5.56. The van der Waals surface area contributed by atoms with E-state index in [1.165, 1.54) is 17.0 Å². The van der Waals surface area contributed by atoms with E-state index in [1.54, 1.807) is 24.1 Å². The van der Waals surface area contributed by atoms with Crippen molar-refractivity contribution in [2.75, 3.05) is 25.0 Å². The second-order valence-corrected chi connectivity index (χ2v) is 5.20. The number of benzene rings is 1. The maximum absolute atomic E-state index is 12.4. The zero-order valence-corrected chi connectivity index (χ0v) is 13.4. The smallest absolute Gasteiger partial charge is 0.304 e. The highest BCUT2D eigenvalue weighted by Crippen LogP contribution is 2.27. The number of carboxylic acid groups (broad SMARTS) is 1. The number of amides is 1. The summed E-state index contributed by atoms with van der Waals surface area (Å²) in [7, 11) is 1.71. The fourth-order valence-corrected chi connectivity index (χ4v) is 2.53. The van der Waals surface area contributed by atoms with Crippen molar-refractivity contribution in [3.63, 3.8) is 0 Å². The summed E-state index contributed by atoms with van der Waals surface area (Å²) in [6.45, 7) is 0.747. The summed E-state index contributed by atoms with van der Waals surface area (Å²) in [5.74, 6) is -1.07.